The van der Waals surface area contributed by atoms with Crippen LogP contribution in [0.2, 0.25) is 0 Å². The van der Waals surface area contributed by atoms with E-state index in [-0.39, 0.29) is 6.54 Å². The van der Waals surface area contributed by atoms with Gasteiger partial charge in [0.1, 0.15) is 5.60 Å². The molecule has 120 valence electrons. The van der Waals surface area contributed by atoms with Gasteiger partial charge in [0, 0.05) is 4.43 Å². The van der Waals surface area contributed by atoms with E-state index in [4.69, 9.17) is 9.47 Å². The minimum Gasteiger partial charge on any atom is -0.444 e. The van der Waals surface area contributed by atoms with Crippen LogP contribution in [-0.4, -0.2) is 41.1 Å². The van der Waals surface area contributed by atoms with Crippen LogP contribution in [0.4, 0.5) is 18.0 Å². The molecule has 0 bridgehead atoms. The molecule has 0 saturated carbocycles. The van der Waals surface area contributed by atoms with Crippen LogP contribution in [0.1, 0.15) is 34.1 Å². The van der Waals surface area contributed by atoms with E-state index in [0.717, 1.165) is 0 Å². The van der Waals surface area contributed by atoms with Gasteiger partial charge >= 0.3 is 12.3 Å². The highest BCUT2D eigenvalue weighted by molar-refractivity contribution is 14.1. The van der Waals surface area contributed by atoms with E-state index < -0.39 is 36.5 Å². The van der Waals surface area contributed by atoms with Crippen LogP contribution in [0.15, 0.2) is 0 Å². The second-order valence-corrected chi connectivity index (χ2v) is 6.42. The van der Waals surface area contributed by atoms with Gasteiger partial charge in [-0.2, -0.15) is 13.2 Å². The number of amides is 1. The Kier molecular flexibility index (Phi) is 7.58. The van der Waals surface area contributed by atoms with Crippen molar-refractivity contribution in [1.82, 2.24) is 5.32 Å². The molecule has 1 unspecified atom stereocenters. The average molecular weight is 411 g/mol. The molecule has 4 nitrogen and oxygen atoms in total. The van der Waals surface area contributed by atoms with Crippen molar-refractivity contribution in [2.75, 3.05) is 17.6 Å². The lowest BCUT2D eigenvalue weighted by molar-refractivity contribution is -0.154. The van der Waals surface area contributed by atoms with Crippen molar-refractivity contribution >= 4 is 28.7 Å². The zero-order valence-electron chi connectivity index (χ0n) is 12.1. The van der Waals surface area contributed by atoms with Gasteiger partial charge in [0.2, 0.25) is 0 Å². The summed E-state index contributed by atoms with van der Waals surface area (Å²) in [6.07, 6.45) is -5.87. The average Bonchev–Trinajstić information content (AvgIpc) is 2.22. The third-order valence-corrected chi connectivity index (χ3v) is 3.74. The Morgan fingerprint density at radius 2 is 1.75 bits per heavy atom. The molecule has 0 radical (unpaired) electrons. The van der Waals surface area contributed by atoms with Gasteiger partial charge in [0.05, 0.1) is 25.2 Å². The lowest BCUT2D eigenvalue weighted by Gasteiger charge is -2.29. The third kappa shape index (κ3) is 10.5. The van der Waals surface area contributed by atoms with Gasteiger partial charge in [0.15, 0.2) is 0 Å². The van der Waals surface area contributed by atoms with Crippen molar-refractivity contribution in [2.45, 2.75) is 51.5 Å². The first-order chi connectivity index (χ1) is 8.87. The zero-order valence-corrected chi connectivity index (χ0v) is 14.2. The predicted octanol–water partition coefficient (Wildman–Crippen LogP) is 3.67. The standard InChI is InChI=1S/C12H21F3INO3/c1-10(2,3)20-9(18)17-8-11(4,7-16)19-6-5-12(13,14)15/h5-8H2,1-4H3,(H,17,18). The second kappa shape index (κ2) is 7.67. The number of carbonyl (C=O) groups is 1. The molecule has 0 heterocycles. The number of hydrogen-bond donors (Lipinski definition) is 1. The lowest BCUT2D eigenvalue weighted by atomic mass is 10.1. The first-order valence-electron chi connectivity index (χ1n) is 6.10. The number of rotatable bonds is 6. The van der Waals surface area contributed by atoms with E-state index in [2.05, 4.69) is 5.32 Å². The summed E-state index contributed by atoms with van der Waals surface area (Å²) in [6.45, 7) is 6.48. The number of hydrogen-bond acceptors (Lipinski definition) is 3. The van der Waals surface area contributed by atoms with Gasteiger partial charge < -0.3 is 14.8 Å². The van der Waals surface area contributed by atoms with E-state index in [1.807, 2.05) is 22.6 Å². The summed E-state index contributed by atoms with van der Waals surface area (Å²) in [5.74, 6) is 0. The van der Waals surface area contributed by atoms with Crippen LogP contribution < -0.4 is 5.32 Å². The Balaban J connectivity index is 4.21. The third-order valence-electron chi connectivity index (χ3n) is 2.12. The summed E-state index contributed by atoms with van der Waals surface area (Å²) >= 11 is 2.00. The SMILES string of the molecule is CC(C)(C)OC(=O)NCC(C)(CI)OCCC(F)(F)F. The first kappa shape index (κ1) is 19.8. The number of alkyl halides is 4. The fraction of sp³-hybridized carbons (Fsp3) is 0.917. The molecule has 0 saturated heterocycles. The molecule has 0 aromatic heterocycles. The van der Waals surface area contributed by atoms with Crippen LogP contribution in [0, 0.1) is 0 Å². The number of carbonyl (C=O) groups excluding carboxylic acids is 1. The van der Waals surface area contributed by atoms with Crippen LogP contribution in [0.25, 0.3) is 0 Å². The van der Waals surface area contributed by atoms with Gasteiger partial charge in [-0.3, -0.25) is 0 Å². The fourth-order valence-corrected chi connectivity index (χ4v) is 1.61. The number of nitrogens with one attached hydrogen (secondary N) is 1. The maximum atomic E-state index is 12.1. The van der Waals surface area contributed by atoms with Crippen molar-refractivity contribution in [1.29, 1.82) is 0 Å². The van der Waals surface area contributed by atoms with Crippen molar-refractivity contribution in [3.8, 4) is 0 Å². The molecule has 0 aliphatic carbocycles. The molecule has 0 aromatic rings. The Morgan fingerprint density at radius 3 is 2.15 bits per heavy atom. The summed E-state index contributed by atoms with van der Waals surface area (Å²) in [4.78, 5) is 11.5. The molecular formula is C12H21F3INO3. The topological polar surface area (TPSA) is 47.6 Å². The largest absolute Gasteiger partial charge is 0.444 e. The molecule has 1 N–H and O–H groups in total. The van der Waals surface area contributed by atoms with Crippen molar-refractivity contribution < 1.29 is 27.4 Å². The Morgan fingerprint density at radius 1 is 1.20 bits per heavy atom. The Labute approximate surface area is 130 Å². The minimum absolute atomic E-state index is 0.0860. The van der Waals surface area contributed by atoms with E-state index in [1.54, 1.807) is 27.7 Å². The Hall–Kier alpha value is -0.250. The molecule has 0 aliphatic heterocycles. The molecule has 0 rings (SSSR count). The van der Waals surface area contributed by atoms with Crippen LogP contribution in [-0.2, 0) is 9.47 Å². The molecule has 8 heteroatoms. The fourth-order valence-electron chi connectivity index (χ4n) is 1.12. The zero-order chi connectivity index (χ0) is 16.0. The number of halogens is 4. The smallest absolute Gasteiger partial charge is 0.407 e. The normalized spacial score (nSPS) is 15.6. The van der Waals surface area contributed by atoms with Gasteiger partial charge in [-0.15, -0.1) is 0 Å². The van der Waals surface area contributed by atoms with Crippen molar-refractivity contribution in [3.05, 3.63) is 0 Å². The van der Waals surface area contributed by atoms with E-state index in [9.17, 15) is 18.0 Å². The Bertz CT molecular complexity index is 318. The number of alkyl carbamates (subject to hydrolysis) is 1. The first-order valence-corrected chi connectivity index (χ1v) is 7.63. The highest BCUT2D eigenvalue weighted by atomic mass is 127. The minimum atomic E-state index is -4.25. The molecule has 0 aromatic carbocycles. The molecule has 0 spiro atoms. The van der Waals surface area contributed by atoms with E-state index in [1.165, 1.54) is 0 Å². The summed E-state index contributed by atoms with van der Waals surface area (Å²) in [6, 6.07) is 0. The van der Waals surface area contributed by atoms with Crippen LogP contribution in [0.5, 0.6) is 0 Å². The summed E-state index contributed by atoms with van der Waals surface area (Å²) < 4.78 is 46.9. The summed E-state index contributed by atoms with van der Waals surface area (Å²) in [5, 5.41) is 2.51. The number of ether oxygens (including phenoxy) is 2. The van der Waals surface area contributed by atoms with Gasteiger partial charge in [-0.1, -0.05) is 22.6 Å². The molecule has 1 atom stereocenters. The summed E-state index contributed by atoms with van der Waals surface area (Å²) in [5.41, 5.74) is -1.48. The van der Waals surface area contributed by atoms with Gasteiger partial charge in [-0.05, 0) is 27.7 Å². The quantitative estimate of drug-likeness (QED) is 0.536. The van der Waals surface area contributed by atoms with Crippen molar-refractivity contribution in [2.24, 2.45) is 0 Å². The predicted molar refractivity (Wildman–Crippen MR) is 78.2 cm³/mol. The van der Waals surface area contributed by atoms with Crippen LogP contribution in [0.3, 0.4) is 0 Å². The molecule has 20 heavy (non-hydrogen) atoms. The molecule has 0 fully saturated rings. The van der Waals surface area contributed by atoms with Crippen LogP contribution >= 0.6 is 22.6 Å². The van der Waals surface area contributed by atoms with Crippen molar-refractivity contribution in [3.63, 3.8) is 0 Å². The molecular weight excluding hydrogens is 390 g/mol. The highest BCUT2D eigenvalue weighted by Crippen LogP contribution is 2.22. The maximum Gasteiger partial charge on any atom is 0.407 e. The van der Waals surface area contributed by atoms with Gasteiger partial charge in [-0.25, -0.2) is 4.79 Å². The maximum absolute atomic E-state index is 12.1. The van der Waals surface area contributed by atoms with E-state index in [0.29, 0.717) is 4.43 Å². The molecule has 0 aliphatic rings. The second-order valence-electron chi connectivity index (χ2n) is 5.65. The molecule has 1 amide bonds. The van der Waals surface area contributed by atoms with Gasteiger partial charge in [0.25, 0.3) is 0 Å². The summed E-state index contributed by atoms with van der Waals surface area (Å²) in [7, 11) is 0. The highest BCUT2D eigenvalue weighted by Gasteiger charge is 2.31. The van der Waals surface area contributed by atoms with E-state index >= 15 is 0 Å². The monoisotopic (exact) mass is 411 g/mol. The lowest BCUT2D eigenvalue weighted by Crippen LogP contribution is -2.46.